The van der Waals surface area contributed by atoms with Gasteiger partial charge in [0.1, 0.15) is 5.01 Å². The number of aromatic carboxylic acids is 1. The zero-order valence-electron chi connectivity index (χ0n) is 16.4. The maximum absolute atomic E-state index is 12.3. The molecule has 1 amide bonds. The molecule has 0 unspecified atom stereocenters. The number of rotatable bonds is 6. The van der Waals surface area contributed by atoms with Gasteiger partial charge in [-0.15, -0.1) is 23.7 Å². The summed E-state index contributed by atoms with van der Waals surface area (Å²) in [6, 6.07) is 20.2. The number of hydrogen-bond acceptors (Lipinski definition) is 5. The molecule has 4 aromatic rings. The minimum absolute atomic E-state index is 0. The summed E-state index contributed by atoms with van der Waals surface area (Å²) in [6.07, 6.45) is 0.172. The number of carboxylic acids is 1. The molecule has 3 aromatic carbocycles. The van der Waals surface area contributed by atoms with Gasteiger partial charge >= 0.3 is 5.97 Å². The Hall–Kier alpha value is -3.42. The van der Waals surface area contributed by atoms with Crippen molar-refractivity contribution in [2.45, 2.75) is 13.0 Å². The van der Waals surface area contributed by atoms with Gasteiger partial charge in [-0.25, -0.2) is 9.78 Å². The Kier molecular flexibility index (Phi) is 6.89. The van der Waals surface area contributed by atoms with E-state index in [2.05, 4.69) is 16.4 Å². The summed E-state index contributed by atoms with van der Waals surface area (Å²) < 4.78 is 1.01. The molecule has 4 rings (SSSR count). The summed E-state index contributed by atoms with van der Waals surface area (Å²) >= 11 is 1.49. The lowest BCUT2D eigenvalue weighted by Crippen LogP contribution is -2.24. The SMILES string of the molecule is Cl.Nc1cccc(-c2ccc3nc(CC(=O)NCc4cccc(C(=O)O)c4)sc3c2)c1. The predicted molar refractivity (Wildman–Crippen MR) is 126 cm³/mol. The number of nitrogens with zero attached hydrogens (tertiary/aromatic N) is 1. The lowest BCUT2D eigenvalue weighted by atomic mass is 10.1. The highest BCUT2D eigenvalue weighted by Crippen LogP contribution is 2.29. The van der Waals surface area contributed by atoms with Crippen molar-refractivity contribution in [3.05, 3.63) is 82.9 Å². The van der Waals surface area contributed by atoms with Crippen LogP contribution in [-0.4, -0.2) is 22.0 Å². The van der Waals surface area contributed by atoms with Crippen LogP contribution in [0.15, 0.2) is 66.7 Å². The minimum Gasteiger partial charge on any atom is -0.478 e. The summed E-state index contributed by atoms with van der Waals surface area (Å²) in [4.78, 5) is 27.9. The van der Waals surface area contributed by atoms with Gasteiger partial charge in [0.15, 0.2) is 0 Å². The van der Waals surface area contributed by atoms with Crippen LogP contribution in [0.3, 0.4) is 0 Å². The van der Waals surface area contributed by atoms with Crippen molar-refractivity contribution in [1.29, 1.82) is 0 Å². The van der Waals surface area contributed by atoms with E-state index in [9.17, 15) is 9.59 Å². The standard InChI is InChI=1S/C23H19N3O3S.ClH/c24-18-6-2-4-15(10-18)16-7-8-19-20(11-16)30-22(26-19)12-21(27)25-13-14-3-1-5-17(9-14)23(28)29;/h1-11H,12-13,24H2,(H,25,27)(H,28,29);1H. The Morgan fingerprint density at radius 3 is 2.55 bits per heavy atom. The third kappa shape index (κ3) is 5.39. The van der Waals surface area contributed by atoms with Crippen LogP contribution in [0.1, 0.15) is 20.9 Å². The first-order valence-electron chi connectivity index (χ1n) is 9.32. The van der Waals surface area contributed by atoms with Gasteiger partial charge < -0.3 is 16.2 Å². The van der Waals surface area contributed by atoms with E-state index in [1.165, 1.54) is 17.4 Å². The smallest absolute Gasteiger partial charge is 0.335 e. The highest BCUT2D eigenvalue weighted by molar-refractivity contribution is 7.18. The molecule has 31 heavy (non-hydrogen) atoms. The first-order valence-corrected chi connectivity index (χ1v) is 10.1. The van der Waals surface area contributed by atoms with E-state index in [4.69, 9.17) is 10.8 Å². The monoisotopic (exact) mass is 453 g/mol. The van der Waals surface area contributed by atoms with E-state index in [1.54, 1.807) is 18.2 Å². The topological polar surface area (TPSA) is 105 Å². The predicted octanol–water partition coefficient (Wildman–Crippen LogP) is 4.52. The summed E-state index contributed by atoms with van der Waals surface area (Å²) in [5, 5.41) is 12.6. The number of anilines is 1. The van der Waals surface area contributed by atoms with Gasteiger partial charge in [-0.05, 0) is 53.1 Å². The lowest BCUT2D eigenvalue weighted by Gasteiger charge is -2.05. The van der Waals surface area contributed by atoms with Crippen molar-refractivity contribution in [1.82, 2.24) is 10.3 Å². The normalized spacial score (nSPS) is 10.5. The number of fused-ring (bicyclic) bond motifs is 1. The number of aromatic nitrogens is 1. The van der Waals surface area contributed by atoms with E-state index in [1.807, 2.05) is 36.4 Å². The molecule has 0 aliphatic carbocycles. The van der Waals surface area contributed by atoms with Crippen LogP contribution in [0.5, 0.6) is 0 Å². The molecule has 0 atom stereocenters. The Balaban J connectivity index is 0.00000272. The fourth-order valence-corrected chi connectivity index (χ4v) is 4.17. The zero-order valence-corrected chi connectivity index (χ0v) is 18.0. The third-order valence-electron chi connectivity index (χ3n) is 4.63. The quantitative estimate of drug-likeness (QED) is 0.372. The summed E-state index contributed by atoms with van der Waals surface area (Å²) in [6.45, 7) is 0.268. The number of hydrogen-bond donors (Lipinski definition) is 3. The average molecular weight is 454 g/mol. The van der Waals surface area contributed by atoms with Crippen molar-refractivity contribution in [3.8, 4) is 11.1 Å². The minimum atomic E-state index is -0.991. The third-order valence-corrected chi connectivity index (χ3v) is 5.65. The Labute approximate surface area is 189 Å². The van der Waals surface area contributed by atoms with E-state index in [0.29, 0.717) is 5.69 Å². The van der Waals surface area contributed by atoms with Crippen LogP contribution < -0.4 is 11.1 Å². The maximum Gasteiger partial charge on any atom is 0.335 e. The molecular weight excluding hydrogens is 434 g/mol. The van der Waals surface area contributed by atoms with Crippen LogP contribution in [0.4, 0.5) is 5.69 Å². The number of nitrogens with one attached hydrogen (secondary N) is 1. The lowest BCUT2D eigenvalue weighted by molar-refractivity contribution is -0.120. The molecule has 0 fully saturated rings. The van der Waals surface area contributed by atoms with Gasteiger partial charge in [0.2, 0.25) is 5.91 Å². The Morgan fingerprint density at radius 2 is 1.77 bits per heavy atom. The maximum atomic E-state index is 12.3. The van der Waals surface area contributed by atoms with Gasteiger partial charge in [0, 0.05) is 12.2 Å². The average Bonchev–Trinajstić information content (AvgIpc) is 3.13. The number of carbonyl (C=O) groups excluding carboxylic acids is 1. The van der Waals surface area contributed by atoms with Crippen LogP contribution in [0, 0.1) is 0 Å². The first kappa shape index (κ1) is 22.3. The number of amides is 1. The Morgan fingerprint density at radius 1 is 1.00 bits per heavy atom. The number of benzene rings is 3. The molecule has 0 radical (unpaired) electrons. The summed E-state index contributed by atoms with van der Waals surface area (Å²) in [7, 11) is 0. The van der Waals surface area contributed by atoms with E-state index in [0.717, 1.165) is 31.9 Å². The van der Waals surface area contributed by atoms with E-state index >= 15 is 0 Å². The second kappa shape index (κ2) is 9.59. The van der Waals surface area contributed by atoms with E-state index < -0.39 is 5.97 Å². The van der Waals surface area contributed by atoms with Crippen molar-refractivity contribution >= 4 is 51.5 Å². The molecule has 0 bridgehead atoms. The van der Waals surface area contributed by atoms with Crippen molar-refractivity contribution in [2.24, 2.45) is 0 Å². The summed E-state index contributed by atoms with van der Waals surface area (Å²) in [5.74, 6) is -1.15. The number of thiazole rings is 1. The van der Waals surface area contributed by atoms with Crippen LogP contribution in [-0.2, 0) is 17.8 Å². The molecule has 0 aliphatic heterocycles. The molecule has 6 nitrogen and oxygen atoms in total. The molecule has 1 aromatic heterocycles. The van der Waals surface area contributed by atoms with Crippen LogP contribution in [0.2, 0.25) is 0 Å². The number of halogens is 1. The summed E-state index contributed by atoms with van der Waals surface area (Å²) in [5.41, 5.74) is 10.5. The van der Waals surface area contributed by atoms with Gasteiger partial charge in [-0.3, -0.25) is 4.79 Å². The molecule has 8 heteroatoms. The Bertz CT molecular complexity index is 1260. The van der Waals surface area contributed by atoms with Crippen LogP contribution in [0.25, 0.3) is 21.3 Å². The second-order valence-corrected chi connectivity index (χ2v) is 7.99. The van der Waals surface area contributed by atoms with Gasteiger partial charge in [0.05, 0.1) is 22.2 Å². The van der Waals surface area contributed by atoms with Gasteiger partial charge in [0.25, 0.3) is 0 Å². The van der Waals surface area contributed by atoms with Gasteiger partial charge in [-0.1, -0.05) is 30.3 Å². The molecule has 158 valence electrons. The molecule has 4 N–H and O–H groups in total. The van der Waals surface area contributed by atoms with Crippen molar-refractivity contribution < 1.29 is 14.7 Å². The number of nitrogen functional groups attached to an aromatic ring is 1. The fourth-order valence-electron chi connectivity index (χ4n) is 3.16. The highest BCUT2D eigenvalue weighted by atomic mass is 35.5. The molecule has 0 spiro atoms. The molecule has 0 aliphatic rings. The molecular formula is C23H20ClN3O3S. The molecule has 1 heterocycles. The first-order chi connectivity index (χ1) is 14.5. The number of carbonyl (C=O) groups is 2. The van der Waals surface area contributed by atoms with E-state index in [-0.39, 0.29) is 36.8 Å². The number of nitrogens with two attached hydrogens (primary N) is 1. The van der Waals surface area contributed by atoms with Crippen LogP contribution >= 0.6 is 23.7 Å². The fraction of sp³-hybridized carbons (Fsp3) is 0.0870. The largest absolute Gasteiger partial charge is 0.478 e. The second-order valence-electron chi connectivity index (χ2n) is 6.87. The zero-order chi connectivity index (χ0) is 21.1. The highest BCUT2D eigenvalue weighted by Gasteiger charge is 2.11. The van der Waals surface area contributed by atoms with Crippen molar-refractivity contribution in [2.75, 3.05) is 5.73 Å². The van der Waals surface area contributed by atoms with Crippen molar-refractivity contribution in [3.63, 3.8) is 0 Å². The van der Waals surface area contributed by atoms with Gasteiger partial charge in [-0.2, -0.15) is 0 Å². The number of carboxylic acid groups (broad SMARTS) is 1. The molecule has 0 saturated heterocycles. The molecule has 0 saturated carbocycles.